The third-order valence-electron chi connectivity index (χ3n) is 4.35. The summed E-state index contributed by atoms with van der Waals surface area (Å²) in [6.07, 6.45) is 2.33. The number of piperazine rings is 1. The first kappa shape index (κ1) is 16.6. The van der Waals surface area contributed by atoms with Crippen LogP contribution in [-0.4, -0.2) is 62.2 Å². The predicted molar refractivity (Wildman–Crippen MR) is 87.6 cm³/mol. The molecule has 0 bridgehead atoms. The third-order valence-corrected chi connectivity index (χ3v) is 4.35. The molecular weight excluding hydrogens is 306 g/mol. The molecule has 0 atom stereocenters. The van der Waals surface area contributed by atoms with Gasteiger partial charge in [0.05, 0.1) is 23.7 Å². The molecule has 0 aliphatic carbocycles. The van der Waals surface area contributed by atoms with Crippen LogP contribution in [0.3, 0.4) is 0 Å². The second-order valence-corrected chi connectivity index (χ2v) is 5.98. The maximum absolute atomic E-state index is 9.19. The van der Waals surface area contributed by atoms with Crippen molar-refractivity contribution in [1.29, 1.82) is 5.26 Å². The van der Waals surface area contributed by atoms with Crippen molar-refractivity contribution in [3.05, 3.63) is 53.6 Å². The highest BCUT2D eigenvalue weighted by Crippen LogP contribution is 2.12. The zero-order valence-corrected chi connectivity index (χ0v) is 13.4. The number of hydrogen-bond acceptors (Lipinski definition) is 6. The highest BCUT2D eigenvalue weighted by Gasteiger charge is 2.21. The lowest BCUT2D eigenvalue weighted by molar-refractivity contribution is -0.165. The van der Waals surface area contributed by atoms with E-state index in [1.165, 1.54) is 0 Å². The number of nitrogens with zero attached hydrogens (tertiary/aromatic N) is 5. The molecule has 0 unspecified atom stereocenters. The number of nitriles is 1. The van der Waals surface area contributed by atoms with Crippen molar-refractivity contribution in [3.8, 4) is 6.07 Å². The molecule has 0 spiro atoms. The number of rotatable bonds is 5. The summed E-state index contributed by atoms with van der Waals surface area (Å²) in [4.78, 5) is 8.18. The van der Waals surface area contributed by atoms with Crippen LogP contribution < -0.4 is 0 Å². The van der Waals surface area contributed by atoms with Crippen molar-refractivity contribution >= 4 is 0 Å². The molecule has 1 saturated heterocycles. The summed E-state index contributed by atoms with van der Waals surface area (Å²) in [5.74, 6) is 0. The van der Waals surface area contributed by atoms with Gasteiger partial charge in [-0.15, -0.1) is 0 Å². The van der Waals surface area contributed by atoms with Gasteiger partial charge in [0.1, 0.15) is 0 Å². The molecule has 0 radical (unpaired) electrons. The van der Waals surface area contributed by atoms with E-state index in [2.05, 4.69) is 20.5 Å². The zero-order chi connectivity index (χ0) is 16.9. The number of benzene rings is 1. The fourth-order valence-corrected chi connectivity index (χ4v) is 2.89. The molecule has 1 aliphatic heterocycles. The Labute approximate surface area is 141 Å². The van der Waals surface area contributed by atoms with Crippen LogP contribution in [-0.2, 0) is 13.1 Å². The van der Waals surface area contributed by atoms with E-state index in [4.69, 9.17) is 5.26 Å². The van der Waals surface area contributed by atoms with Crippen molar-refractivity contribution in [2.24, 2.45) is 0 Å². The van der Waals surface area contributed by atoms with Crippen LogP contribution in [0, 0.1) is 11.3 Å². The molecule has 7 nitrogen and oxygen atoms in total. The molecule has 2 N–H and O–H groups in total. The number of aromatic nitrogens is 2. The smallest absolute Gasteiger partial charge is 0.213 e. The van der Waals surface area contributed by atoms with Gasteiger partial charge >= 0.3 is 0 Å². The average Bonchev–Trinajstić information content (AvgIpc) is 3.03. The van der Waals surface area contributed by atoms with E-state index in [1.54, 1.807) is 4.90 Å². The highest BCUT2D eigenvalue weighted by molar-refractivity contribution is 5.31. The lowest BCUT2D eigenvalue weighted by atomic mass is 10.1. The van der Waals surface area contributed by atoms with E-state index in [0.717, 1.165) is 37.4 Å². The van der Waals surface area contributed by atoms with Gasteiger partial charge in [0.2, 0.25) is 6.41 Å². The van der Waals surface area contributed by atoms with Crippen LogP contribution >= 0.6 is 0 Å². The van der Waals surface area contributed by atoms with E-state index in [-0.39, 0.29) is 0 Å². The molecule has 0 saturated carbocycles. The molecule has 1 aromatic heterocycles. The van der Waals surface area contributed by atoms with Crippen molar-refractivity contribution in [2.45, 2.75) is 19.5 Å². The molecule has 0 amide bonds. The van der Waals surface area contributed by atoms with E-state index < -0.39 is 6.41 Å². The molecule has 3 rings (SSSR count). The van der Waals surface area contributed by atoms with Gasteiger partial charge < -0.3 is 14.8 Å². The lowest BCUT2D eigenvalue weighted by Crippen LogP contribution is -2.50. The normalized spacial score (nSPS) is 16.4. The third kappa shape index (κ3) is 3.99. The average molecular weight is 327 g/mol. The number of aliphatic hydroxyl groups excluding tert-OH is 1. The Hall–Kier alpha value is -2.24. The molecular formula is C17H21N5O2. The molecule has 1 fully saturated rings. The summed E-state index contributed by atoms with van der Waals surface area (Å²) in [7, 11) is 0. The maximum atomic E-state index is 9.19. The molecule has 2 aromatic rings. The van der Waals surface area contributed by atoms with E-state index in [0.29, 0.717) is 18.7 Å². The molecule has 2 heterocycles. The number of aliphatic hydroxyl groups is 2. The van der Waals surface area contributed by atoms with Crippen molar-refractivity contribution < 1.29 is 10.2 Å². The van der Waals surface area contributed by atoms with Gasteiger partial charge in [-0.05, 0) is 17.7 Å². The summed E-state index contributed by atoms with van der Waals surface area (Å²) < 4.78 is 2.11. The van der Waals surface area contributed by atoms with E-state index in [1.807, 2.05) is 36.8 Å². The molecule has 1 aliphatic rings. The topological polar surface area (TPSA) is 88.6 Å². The van der Waals surface area contributed by atoms with Gasteiger partial charge in [0.25, 0.3) is 0 Å². The largest absolute Gasteiger partial charge is 0.356 e. The number of imidazole rings is 1. The summed E-state index contributed by atoms with van der Waals surface area (Å²) in [6.45, 7) is 4.37. The Morgan fingerprint density at radius 1 is 1.08 bits per heavy atom. The summed E-state index contributed by atoms with van der Waals surface area (Å²) >= 11 is 0. The first-order chi connectivity index (χ1) is 11.7. The minimum absolute atomic E-state index is 0.640. The van der Waals surface area contributed by atoms with E-state index in [9.17, 15) is 10.2 Å². The second kappa shape index (κ2) is 7.55. The quantitative estimate of drug-likeness (QED) is 0.762. The zero-order valence-electron chi connectivity index (χ0n) is 13.4. The van der Waals surface area contributed by atoms with Crippen LogP contribution in [0.1, 0.15) is 16.8 Å². The van der Waals surface area contributed by atoms with Gasteiger partial charge in [-0.25, -0.2) is 4.98 Å². The second-order valence-electron chi connectivity index (χ2n) is 5.98. The maximum Gasteiger partial charge on any atom is 0.213 e. The first-order valence-corrected chi connectivity index (χ1v) is 7.96. The van der Waals surface area contributed by atoms with E-state index >= 15 is 0 Å². The monoisotopic (exact) mass is 327 g/mol. The Balaban J connectivity index is 1.60. The van der Waals surface area contributed by atoms with Crippen LogP contribution in [0.5, 0.6) is 0 Å². The van der Waals surface area contributed by atoms with Gasteiger partial charge in [0, 0.05) is 45.5 Å². The standard InChI is InChI=1S/C17H21N5O2/c18-9-14-1-3-15(4-2-14)11-22-13-19-10-16(22)12-20-5-7-21(8-6-20)17(23)24/h1-4,10,13,17,23-24H,5-8,11-12H2. The summed E-state index contributed by atoms with van der Waals surface area (Å²) in [5.41, 5.74) is 2.91. The predicted octanol–water partition coefficient (Wildman–Crippen LogP) is 0.189. The van der Waals surface area contributed by atoms with Crippen LogP contribution in [0.15, 0.2) is 36.8 Å². The van der Waals surface area contributed by atoms with Crippen LogP contribution in [0.2, 0.25) is 0 Å². The summed E-state index contributed by atoms with van der Waals surface area (Å²) in [5, 5.41) is 27.2. The Bertz CT molecular complexity index is 697. The minimum Gasteiger partial charge on any atom is -0.356 e. The lowest BCUT2D eigenvalue weighted by Gasteiger charge is -2.35. The first-order valence-electron chi connectivity index (χ1n) is 7.96. The molecule has 7 heteroatoms. The Morgan fingerprint density at radius 3 is 2.42 bits per heavy atom. The SMILES string of the molecule is N#Cc1ccc(Cn2cncc2CN2CCN(C(O)O)CC2)cc1. The van der Waals surface area contributed by atoms with Crippen molar-refractivity contribution in [1.82, 2.24) is 19.4 Å². The molecule has 126 valence electrons. The van der Waals surface area contributed by atoms with Gasteiger partial charge in [0.15, 0.2) is 0 Å². The Morgan fingerprint density at radius 2 is 1.79 bits per heavy atom. The Kier molecular flexibility index (Phi) is 5.23. The summed E-state index contributed by atoms with van der Waals surface area (Å²) in [6, 6.07) is 9.70. The molecule has 1 aromatic carbocycles. The fraction of sp³-hybridized carbons (Fsp3) is 0.412. The molecule has 24 heavy (non-hydrogen) atoms. The van der Waals surface area contributed by atoms with Crippen LogP contribution in [0.4, 0.5) is 0 Å². The van der Waals surface area contributed by atoms with Crippen LogP contribution in [0.25, 0.3) is 0 Å². The highest BCUT2D eigenvalue weighted by atomic mass is 16.5. The number of hydrogen-bond donors (Lipinski definition) is 2. The minimum atomic E-state index is -1.37. The van der Waals surface area contributed by atoms with Gasteiger partial charge in [-0.3, -0.25) is 9.80 Å². The fourth-order valence-electron chi connectivity index (χ4n) is 2.89. The van der Waals surface area contributed by atoms with Gasteiger partial charge in [-0.2, -0.15) is 5.26 Å². The van der Waals surface area contributed by atoms with Crippen molar-refractivity contribution in [3.63, 3.8) is 0 Å². The van der Waals surface area contributed by atoms with Gasteiger partial charge in [-0.1, -0.05) is 12.1 Å². The van der Waals surface area contributed by atoms with Crippen molar-refractivity contribution in [2.75, 3.05) is 26.2 Å².